The van der Waals surface area contributed by atoms with Gasteiger partial charge >= 0.3 is 0 Å². The summed E-state index contributed by atoms with van der Waals surface area (Å²) in [7, 11) is 3.81. The number of nitrogens with one attached hydrogen (secondary N) is 1. The van der Waals surface area contributed by atoms with Crippen LogP contribution in [0.5, 0.6) is 0 Å². The van der Waals surface area contributed by atoms with Crippen molar-refractivity contribution in [2.24, 2.45) is 0 Å². The second-order valence-electron chi connectivity index (χ2n) is 6.01. The van der Waals surface area contributed by atoms with E-state index in [0.29, 0.717) is 12.4 Å². The molecule has 0 aliphatic heterocycles. The van der Waals surface area contributed by atoms with Crippen molar-refractivity contribution in [3.05, 3.63) is 58.7 Å². The van der Waals surface area contributed by atoms with Crippen molar-refractivity contribution in [3.8, 4) is 0 Å². The van der Waals surface area contributed by atoms with E-state index in [2.05, 4.69) is 15.3 Å². The molecule has 5 heteroatoms. The maximum absolute atomic E-state index is 12.7. The summed E-state index contributed by atoms with van der Waals surface area (Å²) in [6.45, 7) is 6.20. The van der Waals surface area contributed by atoms with Gasteiger partial charge in [0.15, 0.2) is 0 Å². The molecule has 1 aromatic carbocycles. The lowest BCUT2D eigenvalue weighted by Gasteiger charge is -2.25. The summed E-state index contributed by atoms with van der Waals surface area (Å²) in [4.78, 5) is 23.3. The average molecular weight is 312 g/mol. The quantitative estimate of drug-likeness (QED) is 0.920. The number of hydrogen-bond acceptors (Lipinski definition) is 4. The first-order chi connectivity index (χ1) is 10.9. The molecule has 0 fully saturated rings. The predicted octanol–water partition coefficient (Wildman–Crippen LogP) is 2.32. The van der Waals surface area contributed by atoms with E-state index < -0.39 is 0 Å². The number of nitrogens with zero attached hydrogens (tertiary/aromatic N) is 3. The highest BCUT2D eigenvalue weighted by molar-refractivity contribution is 5.83. The number of carbonyl (C=O) groups is 1. The molecule has 0 aliphatic rings. The van der Waals surface area contributed by atoms with Gasteiger partial charge < -0.3 is 5.32 Å². The minimum Gasteiger partial charge on any atom is -0.347 e. The monoisotopic (exact) mass is 312 g/mol. The summed E-state index contributed by atoms with van der Waals surface area (Å²) in [5, 5.41) is 2.95. The molecule has 23 heavy (non-hydrogen) atoms. The van der Waals surface area contributed by atoms with Gasteiger partial charge in [-0.1, -0.05) is 24.3 Å². The fraction of sp³-hybridized carbons (Fsp3) is 0.389. The number of carbonyl (C=O) groups excluding carboxylic acids is 1. The molecule has 122 valence electrons. The fourth-order valence-corrected chi connectivity index (χ4v) is 2.69. The molecule has 1 unspecified atom stereocenters. The Balaban J connectivity index is 2.15. The maximum Gasteiger partial charge on any atom is 0.242 e. The highest BCUT2D eigenvalue weighted by Crippen LogP contribution is 2.22. The topological polar surface area (TPSA) is 58.1 Å². The lowest BCUT2D eigenvalue weighted by atomic mass is 10.00. The molecule has 0 aliphatic carbocycles. The lowest BCUT2D eigenvalue weighted by Crippen LogP contribution is -2.37. The Morgan fingerprint density at radius 1 is 1.13 bits per heavy atom. The van der Waals surface area contributed by atoms with Gasteiger partial charge in [0, 0.05) is 11.4 Å². The smallest absolute Gasteiger partial charge is 0.242 e. The Hall–Kier alpha value is -2.27. The van der Waals surface area contributed by atoms with Gasteiger partial charge in [-0.25, -0.2) is 9.97 Å². The molecular weight excluding hydrogens is 288 g/mol. The normalized spacial score (nSPS) is 12.3. The van der Waals surface area contributed by atoms with Gasteiger partial charge in [-0.2, -0.15) is 0 Å². The van der Waals surface area contributed by atoms with Crippen LogP contribution in [0.3, 0.4) is 0 Å². The van der Waals surface area contributed by atoms with Crippen molar-refractivity contribution in [1.29, 1.82) is 0 Å². The molecule has 0 saturated heterocycles. The molecule has 0 saturated carbocycles. The zero-order valence-electron chi connectivity index (χ0n) is 14.4. The molecule has 0 bridgehead atoms. The van der Waals surface area contributed by atoms with Gasteiger partial charge in [-0.3, -0.25) is 9.69 Å². The number of rotatable bonds is 5. The number of likely N-dealkylation sites (N-methyl/N-ethyl adjacent to an activating group) is 1. The van der Waals surface area contributed by atoms with Crippen LogP contribution in [0.2, 0.25) is 0 Å². The Morgan fingerprint density at radius 3 is 2.30 bits per heavy atom. The third-order valence-electron chi connectivity index (χ3n) is 3.70. The van der Waals surface area contributed by atoms with Crippen LogP contribution in [-0.4, -0.2) is 34.9 Å². The van der Waals surface area contributed by atoms with Crippen molar-refractivity contribution in [2.75, 3.05) is 14.1 Å². The van der Waals surface area contributed by atoms with Crippen molar-refractivity contribution in [3.63, 3.8) is 0 Å². The van der Waals surface area contributed by atoms with Crippen molar-refractivity contribution < 1.29 is 4.79 Å². The minimum absolute atomic E-state index is 0.0490. The standard InChI is InChI=1S/C18H24N4O/c1-12-8-6-7-9-15(12)17(22(4)5)18(23)19-11-16-20-13(2)10-14(3)21-16/h6-10,17H,11H2,1-5H3,(H,19,23). The van der Waals surface area contributed by atoms with Crippen LogP contribution in [0.25, 0.3) is 0 Å². The molecule has 0 spiro atoms. The van der Waals surface area contributed by atoms with Crippen LogP contribution < -0.4 is 5.32 Å². The van der Waals surface area contributed by atoms with E-state index >= 15 is 0 Å². The SMILES string of the molecule is Cc1cc(C)nc(CNC(=O)C(c2ccccc2C)N(C)C)n1. The molecule has 5 nitrogen and oxygen atoms in total. The van der Waals surface area contributed by atoms with Crippen molar-refractivity contribution >= 4 is 5.91 Å². The molecular formula is C18H24N4O. The Labute approximate surface area is 137 Å². The minimum atomic E-state index is -0.331. The van der Waals surface area contributed by atoms with E-state index in [1.807, 2.05) is 70.1 Å². The second kappa shape index (κ2) is 7.33. The molecule has 1 N–H and O–H groups in total. The lowest BCUT2D eigenvalue weighted by molar-refractivity contribution is -0.126. The van der Waals surface area contributed by atoms with Crippen LogP contribution >= 0.6 is 0 Å². The first-order valence-electron chi connectivity index (χ1n) is 7.69. The van der Waals surface area contributed by atoms with E-state index in [4.69, 9.17) is 0 Å². The summed E-state index contributed by atoms with van der Waals surface area (Å²) in [6.07, 6.45) is 0. The summed E-state index contributed by atoms with van der Waals surface area (Å²) in [5.41, 5.74) is 3.93. The van der Waals surface area contributed by atoms with Crippen LogP contribution in [0.4, 0.5) is 0 Å². The summed E-state index contributed by atoms with van der Waals surface area (Å²) in [6, 6.07) is 9.54. The molecule has 1 amide bonds. The highest BCUT2D eigenvalue weighted by Gasteiger charge is 2.24. The molecule has 0 radical (unpaired) electrons. The van der Waals surface area contributed by atoms with Crippen molar-refractivity contribution in [1.82, 2.24) is 20.2 Å². The number of aromatic nitrogens is 2. The zero-order valence-corrected chi connectivity index (χ0v) is 14.4. The average Bonchev–Trinajstić information content (AvgIpc) is 2.46. The van der Waals surface area contributed by atoms with Gasteiger partial charge in [-0.15, -0.1) is 0 Å². The van der Waals surface area contributed by atoms with E-state index in [9.17, 15) is 4.79 Å². The number of amides is 1. The third-order valence-corrected chi connectivity index (χ3v) is 3.70. The van der Waals surface area contributed by atoms with Gasteiger partial charge in [0.25, 0.3) is 0 Å². The van der Waals surface area contributed by atoms with Gasteiger partial charge in [0.2, 0.25) is 5.91 Å². The first-order valence-corrected chi connectivity index (χ1v) is 7.69. The third kappa shape index (κ3) is 4.36. The second-order valence-corrected chi connectivity index (χ2v) is 6.01. The summed E-state index contributed by atoms with van der Waals surface area (Å²) >= 11 is 0. The number of benzene rings is 1. The predicted molar refractivity (Wildman–Crippen MR) is 91.0 cm³/mol. The summed E-state index contributed by atoms with van der Waals surface area (Å²) < 4.78 is 0. The van der Waals surface area contributed by atoms with Crippen LogP contribution in [0.1, 0.15) is 34.4 Å². The van der Waals surface area contributed by atoms with E-state index in [-0.39, 0.29) is 11.9 Å². The van der Waals surface area contributed by atoms with E-state index in [1.54, 1.807) is 0 Å². The van der Waals surface area contributed by atoms with Gasteiger partial charge in [0.1, 0.15) is 11.9 Å². The van der Waals surface area contributed by atoms with Gasteiger partial charge in [0.05, 0.1) is 6.54 Å². The Morgan fingerprint density at radius 2 is 1.74 bits per heavy atom. The van der Waals surface area contributed by atoms with Crippen LogP contribution in [-0.2, 0) is 11.3 Å². The van der Waals surface area contributed by atoms with Gasteiger partial charge in [-0.05, 0) is 52.1 Å². The number of hydrogen-bond donors (Lipinski definition) is 1. The zero-order chi connectivity index (χ0) is 17.0. The largest absolute Gasteiger partial charge is 0.347 e. The highest BCUT2D eigenvalue weighted by atomic mass is 16.2. The molecule has 1 aromatic heterocycles. The Kier molecular flexibility index (Phi) is 5.45. The molecule has 1 heterocycles. The van der Waals surface area contributed by atoms with Crippen molar-refractivity contribution in [2.45, 2.75) is 33.4 Å². The Bertz CT molecular complexity index is 677. The molecule has 1 atom stereocenters. The number of aryl methyl sites for hydroxylation is 3. The first kappa shape index (κ1) is 17.1. The molecule has 2 rings (SSSR count). The maximum atomic E-state index is 12.7. The van der Waals surface area contributed by atoms with E-state index in [0.717, 1.165) is 22.5 Å². The van der Waals surface area contributed by atoms with Crippen LogP contribution in [0.15, 0.2) is 30.3 Å². The fourth-order valence-electron chi connectivity index (χ4n) is 2.69. The van der Waals surface area contributed by atoms with Crippen LogP contribution in [0, 0.1) is 20.8 Å². The summed E-state index contributed by atoms with van der Waals surface area (Å²) in [5.74, 6) is 0.588. The van der Waals surface area contributed by atoms with E-state index in [1.165, 1.54) is 0 Å². The molecule has 2 aromatic rings.